The van der Waals surface area contributed by atoms with Crippen LogP contribution in [0.4, 0.5) is 5.69 Å². The number of nitrogens with zero attached hydrogens (tertiary/aromatic N) is 1. The number of nitrogens with two attached hydrogens (primary N) is 1. The average molecular weight is 258 g/mol. The third-order valence-electron chi connectivity index (χ3n) is 4.22. The lowest BCUT2D eigenvalue weighted by Gasteiger charge is -2.32. The number of fused-ring (bicyclic) bond motifs is 1. The minimum absolute atomic E-state index is 0.0531. The number of hydrogen-bond donors (Lipinski definition) is 1. The van der Waals surface area contributed by atoms with Gasteiger partial charge in [-0.2, -0.15) is 0 Å². The number of carbonyl (C=O) groups excluding carboxylic acids is 2. The maximum Gasteiger partial charge on any atom is 0.261 e. The Balaban J connectivity index is 1.94. The van der Waals surface area contributed by atoms with Gasteiger partial charge in [-0.15, -0.1) is 0 Å². The molecule has 2 atom stereocenters. The minimum atomic E-state index is -0.175. The summed E-state index contributed by atoms with van der Waals surface area (Å²) in [6, 6.07) is 5.01. The zero-order chi connectivity index (χ0) is 13.6. The Bertz CT molecular complexity index is 553. The zero-order valence-electron chi connectivity index (χ0n) is 11.1. The van der Waals surface area contributed by atoms with E-state index in [4.69, 9.17) is 5.73 Å². The van der Waals surface area contributed by atoms with Gasteiger partial charge in [-0.05, 0) is 37.0 Å². The van der Waals surface area contributed by atoms with Gasteiger partial charge in [0.05, 0.1) is 11.1 Å². The quantitative estimate of drug-likeness (QED) is 0.621. The molecule has 1 fully saturated rings. The zero-order valence-corrected chi connectivity index (χ0v) is 11.1. The number of imide groups is 1. The maximum absolute atomic E-state index is 12.4. The molecule has 3 rings (SSSR count). The van der Waals surface area contributed by atoms with Crippen LogP contribution in [0.25, 0.3) is 0 Å². The number of benzene rings is 1. The first kappa shape index (κ1) is 12.2. The summed E-state index contributed by atoms with van der Waals surface area (Å²) in [5.41, 5.74) is 7.19. The molecule has 4 nitrogen and oxygen atoms in total. The van der Waals surface area contributed by atoms with Crippen molar-refractivity contribution >= 4 is 17.5 Å². The summed E-state index contributed by atoms with van der Waals surface area (Å²) in [5, 5.41) is 0. The lowest BCUT2D eigenvalue weighted by atomic mass is 9.86. The monoisotopic (exact) mass is 258 g/mol. The van der Waals surface area contributed by atoms with E-state index in [1.807, 2.05) is 0 Å². The van der Waals surface area contributed by atoms with E-state index in [2.05, 4.69) is 6.92 Å². The number of rotatable bonds is 1. The highest BCUT2D eigenvalue weighted by molar-refractivity contribution is 6.21. The first-order valence-corrected chi connectivity index (χ1v) is 6.85. The Morgan fingerprint density at radius 1 is 1.16 bits per heavy atom. The molecule has 19 heavy (non-hydrogen) atoms. The van der Waals surface area contributed by atoms with Crippen LogP contribution in [0.15, 0.2) is 18.2 Å². The van der Waals surface area contributed by atoms with Crippen molar-refractivity contribution in [1.29, 1.82) is 0 Å². The van der Waals surface area contributed by atoms with Crippen LogP contribution < -0.4 is 5.73 Å². The first-order chi connectivity index (χ1) is 9.08. The van der Waals surface area contributed by atoms with Gasteiger partial charge in [0.2, 0.25) is 0 Å². The summed E-state index contributed by atoms with van der Waals surface area (Å²) in [7, 11) is 0. The lowest BCUT2D eigenvalue weighted by Crippen LogP contribution is -2.42. The smallest absolute Gasteiger partial charge is 0.261 e. The van der Waals surface area contributed by atoms with E-state index < -0.39 is 0 Å². The Morgan fingerprint density at radius 3 is 2.63 bits per heavy atom. The van der Waals surface area contributed by atoms with Gasteiger partial charge >= 0.3 is 0 Å². The van der Waals surface area contributed by atoms with E-state index in [9.17, 15) is 9.59 Å². The van der Waals surface area contributed by atoms with Crippen molar-refractivity contribution in [1.82, 2.24) is 4.90 Å². The van der Waals surface area contributed by atoms with Gasteiger partial charge in [-0.25, -0.2) is 0 Å². The molecule has 100 valence electrons. The normalized spacial score (nSPS) is 26.7. The van der Waals surface area contributed by atoms with Crippen molar-refractivity contribution in [3.63, 3.8) is 0 Å². The third-order valence-corrected chi connectivity index (χ3v) is 4.22. The van der Waals surface area contributed by atoms with Crippen LogP contribution in [-0.4, -0.2) is 22.8 Å². The molecule has 0 bridgehead atoms. The Hall–Kier alpha value is -1.84. The fourth-order valence-corrected chi connectivity index (χ4v) is 3.25. The van der Waals surface area contributed by atoms with Crippen molar-refractivity contribution in [2.45, 2.75) is 38.6 Å². The molecular weight excluding hydrogens is 240 g/mol. The Morgan fingerprint density at radius 2 is 1.89 bits per heavy atom. The molecule has 1 aliphatic carbocycles. The van der Waals surface area contributed by atoms with E-state index in [1.165, 1.54) is 11.3 Å². The highest BCUT2D eigenvalue weighted by Gasteiger charge is 2.40. The second-order valence-electron chi connectivity index (χ2n) is 5.71. The van der Waals surface area contributed by atoms with Crippen molar-refractivity contribution in [3.8, 4) is 0 Å². The van der Waals surface area contributed by atoms with E-state index in [0.29, 0.717) is 22.7 Å². The number of anilines is 1. The van der Waals surface area contributed by atoms with Crippen molar-refractivity contribution in [2.24, 2.45) is 5.92 Å². The largest absolute Gasteiger partial charge is 0.399 e. The van der Waals surface area contributed by atoms with Gasteiger partial charge in [0.15, 0.2) is 0 Å². The molecule has 1 aromatic rings. The Labute approximate surface area is 112 Å². The molecule has 0 spiro atoms. The van der Waals surface area contributed by atoms with Gasteiger partial charge in [0.25, 0.3) is 11.8 Å². The van der Waals surface area contributed by atoms with Crippen molar-refractivity contribution in [2.75, 3.05) is 5.73 Å². The minimum Gasteiger partial charge on any atom is -0.399 e. The third kappa shape index (κ3) is 1.91. The second kappa shape index (κ2) is 4.37. The molecule has 1 aromatic carbocycles. The van der Waals surface area contributed by atoms with Crippen molar-refractivity contribution in [3.05, 3.63) is 29.3 Å². The highest BCUT2D eigenvalue weighted by Crippen LogP contribution is 2.33. The fourth-order valence-electron chi connectivity index (χ4n) is 3.25. The van der Waals surface area contributed by atoms with Crippen LogP contribution in [0.3, 0.4) is 0 Å². The van der Waals surface area contributed by atoms with Gasteiger partial charge < -0.3 is 5.73 Å². The van der Waals surface area contributed by atoms with Crippen LogP contribution in [-0.2, 0) is 0 Å². The summed E-state index contributed by atoms with van der Waals surface area (Å²) in [4.78, 5) is 26.3. The molecule has 0 aromatic heterocycles. The predicted octanol–water partition coefficient (Wildman–Crippen LogP) is 2.44. The van der Waals surface area contributed by atoms with Gasteiger partial charge in [-0.3, -0.25) is 14.5 Å². The first-order valence-electron chi connectivity index (χ1n) is 6.85. The summed E-state index contributed by atoms with van der Waals surface area (Å²) < 4.78 is 0. The topological polar surface area (TPSA) is 63.4 Å². The molecule has 2 N–H and O–H groups in total. The van der Waals surface area contributed by atoms with E-state index in [1.54, 1.807) is 18.2 Å². The SMILES string of the molecule is CC1CCCC(N2C(=O)c3ccc(N)cc3C2=O)C1. The maximum atomic E-state index is 12.4. The second-order valence-corrected chi connectivity index (χ2v) is 5.71. The molecule has 2 aliphatic rings. The molecule has 1 heterocycles. The van der Waals surface area contributed by atoms with Crippen LogP contribution >= 0.6 is 0 Å². The number of nitrogen functional groups attached to an aromatic ring is 1. The summed E-state index contributed by atoms with van der Waals surface area (Å²) in [6.45, 7) is 2.18. The lowest BCUT2D eigenvalue weighted by molar-refractivity contribution is 0.0527. The fraction of sp³-hybridized carbons (Fsp3) is 0.467. The van der Waals surface area contributed by atoms with Crippen LogP contribution in [0.1, 0.15) is 53.3 Å². The summed E-state index contributed by atoms with van der Waals surface area (Å²) in [5.74, 6) is 0.249. The molecular formula is C15H18N2O2. The number of amides is 2. The molecule has 1 aliphatic heterocycles. The van der Waals surface area contributed by atoms with Gasteiger partial charge in [0, 0.05) is 11.7 Å². The molecule has 0 saturated heterocycles. The van der Waals surface area contributed by atoms with Crippen molar-refractivity contribution < 1.29 is 9.59 Å². The molecule has 1 saturated carbocycles. The van der Waals surface area contributed by atoms with Crippen LogP contribution in [0.5, 0.6) is 0 Å². The summed E-state index contributed by atoms with van der Waals surface area (Å²) in [6.07, 6.45) is 4.11. The molecule has 2 amide bonds. The average Bonchev–Trinajstić information content (AvgIpc) is 2.61. The van der Waals surface area contributed by atoms with Gasteiger partial charge in [-0.1, -0.05) is 19.8 Å². The standard InChI is InChI=1S/C15H18N2O2/c1-9-3-2-4-11(7-9)17-14(18)12-6-5-10(16)8-13(12)15(17)19/h5-6,8-9,11H,2-4,7,16H2,1H3. The van der Waals surface area contributed by atoms with Crippen LogP contribution in [0, 0.1) is 5.92 Å². The van der Waals surface area contributed by atoms with Gasteiger partial charge in [0.1, 0.15) is 0 Å². The van der Waals surface area contributed by atoms with E-state index >= 15 is 0 Å². The van der Waals surface area contributed by atoms with E-state index in [0.717, 1.165) is 19.3 Å². The molecule has 4 heteroatoms. The van der Waals surface area contributed by atoms with E-state index in [-0.39, 0.29) is 17.9 Å². The number of hydrogen-bond acceptors (Lipinski definition) is 3. The predicted molar refractivity (Wildman–Crippen MR) is 72.8 cm³/mol. The number of carbonyl (C=O) groups is 2. The van der Waals surface area contributed by atoms with Crippen LogP contribution in [0.2, 0.25) is 0 Å². The Kier molecular flexibility index (Phi) is 2.81. The summed E-state index contributed by atoms with van der Waals surface area (Å²) >= 11 is 0. The molecule has 0 radical (unpaired) electrons. The highest BCUT2D eigenvalue weighted by atomic mass is 16.2. The molecule has 2 unspecified atom stereocenters.